The fourth-order valence-electron chi connectivity index (χ4n) is 5.01. The van der Waals surface area contributed by atoms with Crippen LogP contribution in [0.2, 0.25) is 0 Å². The van der Waals surface area contributed by atoms with Crippen molar-refractivity contribution in [3.05, 3.63) is 81.8 Å². The largest absolute Gasteiger partial charge is 0.416 e. The Labute approximate surface area is 230 Å². The number of aromatic nitrogens is 4. The minimum absolute atomic E-state index is 0.0209. The Kier molecular flexibility index (Phi) is 7.34. The number of ketones is 1. The van der Waals surface area contributed by atoms with Gasteiger partial charge in [-0.3, -0.25) is 4.79 Å². The SMILES string of the molecule is Cc1ccc(CC(=O)c2ccc(C)c(C(F)(F)F)c2)cc1C#Cc1nn(C2CCN(C)CC2)c2ncnc(N)c12. The summed E-state index contributed by atoms with van der Waals surface area (Å²) in [5, 5.41) is 5.39. The number of hydrogen-bond donors (Lipinski definition) is 1. The number of rotatable bonds is 4. The van der Waals surface area contributed by atoms with Crippen LogP contribution in [-0.2, 0) is 12.6 Å². The van der Waals surface area contributed by atoms with E-state index in [2.05, 4.69) is 33.8 Å². The monoisotopic (exact) mass is 546 g/mol. The first kappa shape index (κ1) is 27.3. The lowest BCUT2D eigenvalue weighted by Gasteiger charge is -2.29. The second kappa shape index (κ2) is 10.7. The zero-order valence-electron chi connectivity index (χ0n) is 22.5. The van der Waals surface area contributed by atoms with Crippen LogP contribution >= 0.6 is 0 Å². The van der Waals surface area contributed by atoms with E-state index >= 15 is 0 Å². The number of nitrogens with zero attached hydrogens (tertiary/aromatic N) is 5. The van der Waals surface area contributed by atoms with E-state index in [4.69, 9.17) is 10.8 Å². The molecule has 0 aliphatic carbocycles. The van der Waals surface area contributed by atoms with Gasteiger partial charge in [0, 0.05) is 17.5 Å². The van der Waals surface area contributed by atoms with Crippen LogP contribution in [0.25, 0.3) is 11.0 Å². The third-order valence-corrected chi connectivity index (χ3v) is 7.40. The van der Waals surface area contributed by atoms with Gasteiger partial charge in [-0.05, 0) is 81.6 Å². The van der Waals surface area contributed by atoms with Crippen LogP contribution in [-0.4, -0.2) is 50.6 Å². The number of Topliss-reactive ketones (excluding diaryl/α,β-unsaturated/α-hetero) is 1. The second-order valence-corrected chi connectivity index (χ2v) is 10.3. The molecule has 206 valence electrons. The number of piperidine rings is 1. The van der Waals surface area contributed by atoms with Gasteiger partial charge in [0.1, 0.15) is 17.8 Å². The van der Waals surface area contributed by atoms with Gasteiger partial charge in [0.2, 0.25) is 0 Å². The molecule has 4 aromatic rings. The van der Waals surface area contributed by atoms with E-state index in [1.165, 1.54) is 25.4 Å². The molecule has 1 saturated heterocycles. The summed E-state index contributed by atoms with van der Waals surface area (Å²) in [5.74, 6) is 6.20. The third kappa shape index (κ3) is 5.56. The van der Waals surface area contributed by atoms with Crippen molar-refractivity contribution >= 4 is 22.6 Å². The van der Waals surface area contributed by atoms with Crippen LogP contribution in [0.5, 0.6) is 0 Å². The number of likely N-dealkylation sites (tertiary alicyclic amines) is 1. The van der Waals surface area contributed by atoms with Crippen molar-refractivity contribution in [1.29, 1.82) is 0 Å². The fraction of sp³-hybridized carbons (Fsp3) is 0.333. The van der Waals surface area contributed by atoms with Gasteiger partial charge < -0.3 is 10.6 Å². The summed E-state index contributed by atoms with van der Waals surface area (Å²) in [6, 6.07) is 9.27. The summed E-state index contributed by atoms with van der Waals surface area (Å²) < 4.78 is 41.9. The Hall–Kier alpha value is -4.23. The van der Waals surface area contributed by atoms with E-state index < -0.39 is 17.5 Å². The van der Waals surface area contributed by atoms with Crippen LogP contribution in [0.4, 0.5) is 19.0 Å². The van der Waals surface area contributed by atoms with Crippen molar-refractivity contribution < 1.29 is 18.0 Å². The quantitative estimate of drug-likeness (QED) is 0.282. The topological polar surface area (TPSA) is 89.9 Å². The number of nitrogen functional groups attached to an aromatic ring is 1. The molecule has 10 heteroatoms. The first-order valence-electron chi connectivity index (χ1n) is 13.0. The zero-order chi connectivity index (χ0) is 28.6. The number of fused-ring (bicyclic) bond motifs is 1. The molecule has 0 unspecified atom stereocenters. The van der Waals surface area contributed by atoms with Crippen LogP contribution in [0, 0.1) is 25.7 Å². The van der Waals surface area contributed by atoms with Crippen molar-refractivity contribution in [2.45, 2.75) is 45.3 Å². The van der Waals surface area contributed by atoms with Crippen LogP contribution in [0.3, 0.4) is 0 Å². The molecular formula is C30H29F3N6O. The maximum atomic E-state index is 13.3. The highest BCUT2D eigenvalue weighted by Gasteiger charge is 2.33. The van der Waals surface area contributed by atoms with Crippen LogP contribution in [0.15, 0.2) is 42.7 Å². The average Bonchev–Trinajstić information content (AvgIpc) is 3.29. The van der Waals surface area contributed by atoms with Crippen molar-refractivity contribution in [2.24, 2.45) is 0 Å². The molecule has 1 fully saturated rings. The third-order valence-electron chi connectivity index (χ3n) is 7.40. The lowest BCUT2D eigenvalue weighted by Crippen LogP contribution is -2.32. The fourth-order valence-corrected chi connectivity index (χ4v) is 5.01. The average molecular weight is 547 g/mol. The van der Waals surface area contributed by atoms with Crippen LogP contribution < -0.4 is 5.73 Å². The van der Waals surface area contributed by atoms with E-state index in [1.807, 2.05) is 17.7 Å². The predicted octanol–water partition coefficient (Wildman–Crippen LogP) is 5.14. The standard InChI is InChI=1S/C30H29F3N6O/c1-18-4-6-20(15-26(40)22-7-5-19(2)24(16-22)30(31,32)33)14-21(18)8-9-25-27-28(34)35-17-36-29(27)39(37-25)23-10-12-38(3)13-11-23/h4-7,14,16-17,23H,10-13,15H2,1-3H3,(H2,34,35,36). The van der Waals surface area contributed by atoms with Crippen molar-refractivity contribution in [3.8, 4) is 11.8 Å². The zero-order valence-corrected chi connectivity index (χ0v) is 22.5. The molecule has 1 aliphatic rings. The van der Waals surface area contributed by atoms with Gasteiger partial charge in [-0.15, -0.1) is 0 Å². The normalized spacial score (nSPS) is 14.8. The first-order valence-corrected chi connectivity index (χ1v) is 13.0. The lowest BCUT2D eigenvalue weighted by atomic mass is 9.96. The minimum atomic E-state index is -4.52. The Morgan fingerprint density at radius 3 is 2.50 bits per heavy atom. The maximum Gasteiger partial charge on any atom is 0.416 e. The lowest BCUT2D eigenvalue weighted by molar-refractivity contribution is -0.138. The van der Waals surface area contributed by atoms with E-state index in [9.17, 15) is 18.0 Å². The molecule has 2 N–H and O–H groups in total. The number of aryl methyl sites for hydroxylation is 2. The van der Waals surface area contributed by atoms with Gasteiger partial charge in [-0.25, -0.2) is 14.6 Å². The molecule has 0 saturated carbocycles. The van der Waals surface area contributed by atoms with Gasteiger partial charge in [-0.1, -0.05) is 30.2 Å². The van der Waals surface area contributed by atoms with Gasteiger partial charge in [0.25, 0.3) is 0 Å². The minimum Gasteiger partial charge on any atom is -0.383 e. The number of nitrogens with two attached hydrogens (primary N) is 1. The maximum absolute atomic E-state index is 13.3. The van der Waals surface area contributed by atoms with Crippen molar-refractivity contribution in [1.82, 2.24) is 24.6 Å². The summed E-state index contributed by atoms with van der Waals surface area (Å²) >= 11 is 0. The highest BCUT2D eigenvalue weighted by Crippen LogP contribution is 2.33. The van der Waals surface area contributed by atoms with E-state index in [0.717, 1.165) is 37.6 Å². The van der Waals surface area contributed by atoms with E-state index in [-0.39, 0.29) is 23.6 Å². The Morgan fingerprint density at radius 1 is 1.05 bits per heavy atom. The molecule has 40 heavy (non-hydrogen) atoms. The van der Waals surface area contributed by atoms with Gasteiger partial charge in [-0.2, -0.15) is 18.3 Å². The summed E-state index contributed by atoms with van der Waals surface area (Å²) in [4.78, 5) is 23.8. The predicted molar refractivity (Wildman–Crippen MR) is 147 cm³/mol. The second-order valence-electron chi connectivity index (χ2n) is 10.3. The van der Waals surface area contributed by atoms with E-state index in [0.29, 0.717) is 33.7 Å². The van der Waals surface area contributed by atoms with Gasteiger partial charge >= 0.3 is 6.18 Å². The summed E-state index contributed by atoms with van der Waals surface area (Å²) in [5.41, 5.74) is 8.87. The van der Waals surface area contributed by atoms with Gasteiger partial charge in [0.05, 0.1) is 17.0 Å². The number of carbonyl (C=O) groups excluding carboxylic acids is 1. The molecule has 0 bridgehead atoms. The molecular weight excluding hydrogens is 517 g/mol. The number of alkyl halides is 3. The smallest absolute Gasteiger partial charge is 0.383 e. The number of anilines is 1. The molecule has 0 atom stereocenters. The highest BCUT2D eigenvalue weighted by molar-refractivity contribution is 5.98. The Balaban J connectivity index is 1.44. The van der Waals surface area contributed by atoms with Crippen molar-refractivity contribution in [2.75, 3.05) is 25.9 Å². The number of hydrogen-bond acceptors (Lipinski definition) is 6. The van der Waals surface area contributed by atoms with Gasteiger partial charge in [0.15, 0.2) is 11.4 Å². The number of benzene rings is 2. The summed E-state index contributed by atoms with van der Waals surface area (Å²) in [6.45, 7) is 5.19. The molecule has 2 aromatic carbocycles. The summed E-state index contributed by atoms with van der Waals surface area (Å²) in [7, 11) is 2.10. The van der Waals surface area contributed by atoms with E-state index in [1.54, 1.807) is 12.1 Å². The molecule has 5 rings (SSSR count). The first-order chi connectivity index (χ1) is 19.0. The molecule has 0 spiro atoms. The molecule has 0 amide bonds. The van der Waals surface area contributed by atoms with Crippen molar-refractivity contribution in [3.63, 3.8) is 0 Å². The number of carbonyl (C=O) groups is 1. The number of halogens is 3. The highest BCUT2D eigenvalue weighted by atomic mass is 19.4. The van der Waals surface area contributed by atoms with Crippen LogP contribution in [0.1, 0.15) is 62.8 Å². The Bertz CT molecular complexity index is 1660. The summed E-state index contributed by atoms with van der Waals surface area (Å²) in [6.07, 6.45) is -1.27. The molecule has 2 aromatic heterocycles. The molecule has 0 radical (unpaired) electrons. The molecule has 1 aliphatic heterocycles. The molecule has 3 heterocycles. The molecule has 7 nitrogen and oxygen atoms in total. The Morgan fingerprint density at radius 2 is 1.77 bits per heavy atom.